The largest absolute Gasteiger partial charge is 0.356 e. The van der Waals surface area contributed by atoms with E-state index in [0.717, 1.165) is 12.0 Å². The number of hydrogen-bond acceptors (Lipinski definition) is 1. The minimum atomic E-state index is -0.0425. The molecule has 2 nitrogen and oxygen atoms in total. The first-order valence-electron chi connectivity index (χ1n) is 8.94. The maximum absolute atomic E-state index is 12.3. The van der Waals surface area contributed by atoms with Crippen molar-refractivity contribution in [2.24, 2.45) is 0 Å². The predicted octanol–water partition coefficient (Wildman–Crippen LogP) is 5.87. The molecular formula is C23H21Cl2NO. The number of halogens is 2. The van der Waals surface area contributed by atoms with Gasteiger partial charge in [-0.15, -0.1) is 0 Å². The molecule has 0 aromatic heterocycles. The number of carbonyl (C=O) groups excluding carboxylic acids is 1. The molecule has 3 rings (SSSR count). The van der Waals surface area contributed by atoms with Gasteiger partial charge in [-0.05, 0) is 35.2 Å². The number of rotatable bonds is 7. The van der Waals surface area contributed by atoms with E-state index < -0.39 is 0 Å². The standard InChI is InChI=1S/C23H21Cl2NO/c24-20-12-11-19(22(25)16-20)15-23(27)26-14-13-21(17-7-3-1-4-8-17)18-9-5-2-6-10-18/h1-12,16,21H,13-15H2,(H,26,27). The van der Waals surface area contributed by atoms with E-state index in [0.29, 0.717) is 16.6 Å². The van der Waals surface area contributed by atoms with Crippen LogP contribution in [0, 0.1) is 0 Å². The maximum atomic E-state index is 12.3. The van der Waals surface area contributed by atoms with Crippen molar-refractivity contribution in [3.63, 3.8) is 0 Å². The summed E-state index contributed by atoms with van der Waals surface area (Å²) in [5.41, 5.74) is 3.28. The fourth-order valence-electron chi connectivity index (χ4n) is 3.15. The summed E-state index contributed by atoms with van der Waals surface area (Å²) in [5.74, 6) is 0.200. The highest BCUT2D eigenvalue weighted by molar-refractivity contribution is 6.35. The van der Waals surface area contributed by atoms with Crippen molar-refractivity contribution in [2.45, 2.75) is 18.8 Å². The summed E-state index contributed by atoms with van der Waals surface area (Å²) < 4.78 is 0. The third kappa shape index (κ3) is 5.59. The minimum absolute atomic E-state index is 0.0425. The first kappa shape index (κ1) is 19.5. The highest BCUT2D eigenvalue weighted by Crippen LogP contribution is 2.27. The lowest BCUT2D eigenvalue weighted by molar-refractivity contribution is -0.120. The fourth-order valence-corrected chi connectivity index (χ4v) is 3.63. The van der Waals surface area contributed by atoms with Crippen LogP contribution >= 0.6 is 23.2 Å². The van der Waals surface area contributed by atoms with Crippen LogP contribution in [0.2, 0.25) is 10.0 Å². The molecule has 1 N–H and O–H groups in total. The van der Waals surface area contributed by atoms with Gasteiger partial charge >= 0.3 is 0 Å². The van der Waals surface area contributed by atoms with Crippen LogP contribution in [0.5, 0.6) is 0 Å². The van der Waals surface area contributed by atoms with Gasteiger partial charge in [0.15, 0.2) is 0 Å². The van der Waals surface area contributed by atoms with Crippen molar-refractivity contribution in [2.75, 3.05) is 6.54 Å². The summed E-state index contributed by atoms with van der Waals surface area (Å²) in [6.07, 6.45) is 1.07. The average Bonchev–Trinajstić information content (AvgIpc) is 2.69. The van der Waals surface area contributed by atoms with Crippen molar-refractivity contribution in [3.05, 3.63) is 106 Å². The van der Waals surface area contributed by atoms with Crippen LogP contribution in [0.1, 0.15) is 29.0 Å². The Morgan fingerprint density at radius 1 is 0.852 bits per heavy atom. The van der Waals surface area contributed by atoms with E-state index in [9.17, 15) is 4.79 Å². The molecule has 0 saturated carbocycles. The first-order chi connectivity index (χ1) is 13.1. The number of benzene rings is 3. The van der Waals surface area contributed by atoms with Crippen LogP contribution in [-0.2, 0) is 11.2 Å². The normalized spacial score (nSPS) is 10.8. The maximum Gasteiger partial charge on any atom is 0.224 e. The lowest BCUT2D eigenvalue weighted by Gasteiger charge is -2.18. The zero-order chi connectivity index (χ0) is 19.1. The highest BCUT2D eigenvalue weighted by Gasteiger charge is 2.14. The van der Waals surface area contributed by atoms with E-state index >= 15 is 0 Å². The van der Waals surface area contributed by atoms with Gasteiger partial charge in [0.2, 0.25) is 5.91 Å². The van der Waals surface area contributed by atoms with E-state index in [1.807, 2.05) is 36.4 Å². The van der Waals surface area contributed by atoms with Gasteiger partial charge in [-0.2, -0.15) is 0 Å². The Balaban J connectivity index is 1.61. The molecule has 0 unspecified atom stereocenters. The first-order valence-corrected chi connectivity index (χ1v) is 9.69. The van der Waals surface area contributed by atoms with Gasteiger partial charge in [0.1, 0.15) is 0 Å². The van der Waals surface area contributed by atoms with Crippen LogP contribution in [0.3, 0.4) is 0 Å². The minimum Gasteiger partial charge on any atom is -0.356 e. The Hall–Kier alpha value is -2.29. The third-order valence-corrected chi connectivity index (χ3v) is 5.11. The van der Waals surface area contributed by atoms with E-state index in [2.05, 4.69) is 29.6 Å². The van der Waals surface area contributed by atoms with Crippen molar-refractivity contribution in [3.8, 4) is 0 Å². The molecule has 0 bridgehead atoms. The molecule has 3 aromatic rings. The van der Waals surface area contributed by atoms with Gasteiger partial charge in [-0.3, -0.25) is 4.79 Å². The lowest BCUT2D eigenvalue weighted by atomic mass is 9.88. The molecule has 0 atom stereocenters. The SMILES string of the molecule is O=C(Cc1ccc(Cl)cc1Cl)NCCC(c1ccccc1)c1ccccc1. The van der Waals surface area contributed by atoms with E-state index in [1.165, 1.54) is 11.1 Å². The Bertz CT molecular complexity index is 842. The molecule has 1 amide bonds. The predicted molar refractivity (Wildman–Crippen MR) is 113 cm³/mol. The quantitative estimate of drug-likeness (QED) is 0.530. The van der Waals surface area contributed by atoms with E-state index in [-0.39, 0.29) is 18.2 Å². The molecule has 0 spiro atoms. The Morgan fingerprint density at radius 3 is 2.00 bits per heavy atom. The van der Waals surface area contributed by atoms with E-state index in [4.69, 9.17) is 23.2 Å². The summed E-state index contributed by atoms with van der Waals surface area (Å²) in [6, 6.07) is 26.0. The Labute approximate surface area is 170 Å². The van der Waals surface area contributed by atoms with Gasteiger partial charge in [-0.25, -0.2) is 0 Å². The second kappa shape index (κ2) is 9.59. The molecule has 0 fully saturated rings. The second-order valence-corrected chi connectivity index (χ2v) is 7.27. The van der Waals surface area contributed by atoms with Crippen molar-refractivity contribution < 1.29 is 4.79 Å². The third-order valence-electron chi connectivity index (χ3n) is 4.53. The Morgan fingerprint density at radius 2 is 1.44 bits per heavy atom. The molecule has 0 aliphatic heterocycles. The zero-order valence-corrected chi connectivity index (χ0v) is 16.4. The smallest absolute Gasteiger partial charge is 0.224 e. The summed E-state index contributed by atoms with van der Waals surface area (Å²) >= 11 is 12.1. The molecule has 4 heteroatoms. The number of carbonyl (C=O) groups is 1. The van der Waals surface area contributed by atoms with Gasteiger partial charge in [0, 0.05) is 22.5 Å². The molecular weight excluding hydrogens is 377 g/mol. The van der Waals surface area contributed by atoms with Crippen molar-refractivity contribution in [1.82, 2.24) is 5.32 Å². The molecule has 0 radical (unpaired) electrons. The Kier molecular flexibility index (Phi) is 6.92. The molecule has 27 heavy (non-hydrogen) atoms. The fraction of sp³-hybridized carbons (Fsp3) is 0.174. The van der Waals surface area contributed by atoms with E-state index in [1.54, 1.807) is 18.2 Å². The average molecular weight is 398 g/mol. The monoisotopic (exact) mass is 397 g/mol. The molecule has 0 aliphatic carbocycles. The lowest BCUT2D eigenvalue weighted by Crippen LogP contribution is -2.27. The van der Waals surface area contributed by atoms with Gasteiger partial charge in [0.05, 0.1) is 6.42 Å². The van der Waals surface area contributed by atoms with Crippen molar-refractivity contribution >= 4 is 29.1 Å². The topological polar surface area (TPSA) is 29.1 Å². The molecule has 0 heterocycles. The summed E-state index contributed by atoms with van der Waals surface area (Å²) in [7, 11) is 0. The van der Waals surface area contributed by atoms with Gasteiger partial charge in [0.25, 0.3) is 0 Å². The second-order valence-electron chi connectivity index (χ2n) is 6.43. The van der Waals surface area contributed by atoms with Crippen molar-refractivity contribution in [1.29, 1.82) is 0 Å². The number of amides is 1. The molecule has 0 aliphatic rings. The van der Waals surface area contributed by atoms with Gasteiger partial charge < -0.3 is 5.32 Å². The number of hydrogen-bond donors (Lipinski definition) is 1. The summed E-state index contributed by atoms with van der Waals surface area (Å²) in [4.78, 5) is 12.3. The molecule has 0 saturated heterocycles. The zero-order valence-electron chi connectivity index (χ0n) is 14.9. The number of nitrogens with one attached hydrogen (secondary N) is 1. The van der Waals surface area contributed by atoms with Crippen LogP contribution in [-0.4, -0.2) is 12.5 Å². The van der Waals surface area contributed by atoms with Crippen LogP contribution in [0.15, 0.2) is 78.9 Å². The summed E-state index contributed by atoms with van der Waals surface area (Å²) in [6.45, 7) is 0.596. The molecule has 138 valence electrons. The molecule has 3 aromatic carbocycles. The van der Waals surface area contributed by atoms with Crippen LogP contribution < -0.4 is 5.32 Å². The highest BCUT2D eigenvalue weighted by atomic mass is 35.5. The summed E-state index contributed by atoms with van der Waals surface area (Å²) in [5, 5.41) is 4.10. The van der Waals surface area contributed by atoms with Crippen LogP contribution in [0.4, 0.5) is 0 Å². The van der Waals surface area contributed by atoms with Crippen LogP contribution in [0.25, 0.3) is 0 Å². The van der Waals surface area contributed by atoms with Gasteiger partial charge in [-0.1, -0.05) is 89.9 Å².